The van der Waals surface area contributed by atoms with E-state index in [2.05, 4.69) is 4.98 Å². The van der Waals surface area contributed by atoms with Gasteiger partial charge in [0, 0.05) is 25.4 Å². The molecule has 5 nitrogen and oxygen atoms in total. The highest BCUT2D eigenvalue weighted by Crippen LogP contribution is 2.27. The van der Waals surface area contributed by atoms with E-state index in [9.17, 15) is 14.0 Å². The zero-order valence-corrected chi connectivity index (χ0v) is 10.6. The highest BCUT2D eigenvalue weighted by Gasteiger charge is 2.36. The Hall–Kier alpha value is -2.50. The number of hydrogen-bond acceptors (Lipinski definition) is 3. The molecule has 0 saturated carbocycles. The van der Waals surface area contributed by atoms with Crippen molar-refractivity contribution >= 4 is 17.5 Å². The standard InChI is InChI=1S/C14H12FN3O2/c15-11-3-1-2-4-12(11)18-8-10(7-13(18)19)14(20)17-6-5-16-9-17/h1-6,9-10H,7-8H2. The maximum Gasteiger partial charge on any atom is 0.237 e. The number of imidazole rings is 1. The second kappa shape index (κ2) is 4.88. The number of anilines is 1. The van der Waals surface area contributed by atoms with Gasteiger partial charge in [0.15, 0.2) is 0 Å². The number of benzene rings is 1. The van der Waals surface area contributed by atoms with Crippen molar-refractivity contribution in [3.8, 4) is 0 Å². The maximum atomic E-state index is 13.7. The Morgan fingerprint density at radius 3 is 2.85 bits per heavy atom. The van der Waals surface area contributed by atoms with Crippen LogP contribution in [-0.4, -0.2) is 27.9 Å². The lowest BCUT2D eigenvalue weighted by Gasteiger charge is -2.17. The van der Waals surface area contributed by atoms with Crippen molar-refractivity contribution in [1.29, 1.82) is 0 Å². The van der Waals surface area contributed by atoms with E-state index in [1.54, 1.807) is 18.3 Å². The lowest BCUT2D eigenvalue weighted by molar-refractivity contribution is -0.117. The van der Waals surface area contributed by atoms with Crippen LogP contribution in [0.1, 0.15) is 11.2 Å². The molecule has 2 aromatic rings. The number of amides is 1. The van der Waals surface area contributed by atoms with Crippen molar-refractivity contribution in [3.63, 3.8) is 0 Å². The first-order valence-electron chi connectivity index (χ1n) is 6.24. The summed E-state index contributed by atoms with van der Waals surface area (Å²) in [6.07, 6.45) is 4.53. The normalized spacial score (nSPS) is 18.6. The first-order chi connectivity index (χ1) is 9.66. The van der Waals surface area contributed by atoms with E-state index in [0.717, 1.165) is 0 Å². The third kappa shape index (κ3) is 2.09. The van der Waals surface area contributed by atoms with Gasteiger partial charge in [0.1, 0.15) is 12.1 Å². The molecule has 0 aliphatic carbocycles. The molecule has 0 N–H and O–H groups in total. The van der Waals surface area contributed by atoms with Gasteiger partial charge in [-0.15, -0.1) is 0 Å². The van der Waals surface area contributed by atoms with Gasteiger partial charge in [0.25, 0.3) is 0 Å². The van der Waals surface area contributed by atoms with Crippen LogP contribution in [0.4, 0.5) is 10.1 Å². The molecular weight excluding hydrogens is 261 g/mol. The highest BCUT2D eigenvalue weighted by molar-refractivity contribution is 6.00. The predicted molar refractivity (Wildman–Crippen MR) is 69.7 cm³/mol. The van der Waals surface area contributed by atoms with Crippen molar-refractivity contribution in [2.24, 2.45) is 5.92 Å². The number of aromatic nitrogens is 2. The first-order valence-corrected chi connectivity index (χ1v) is 6.24. The highest BCUT2D eigenvalue weighted by atomic mass is 19.1. The molecule has 20 heavy (non-hydrogen) atoms. The van der Waals surface area contributed by atoms with Crippen molar-refractivity contribution in [1.82, 2.24) is 9.55 Å². The van der Waals surface area contributed by atoms with Gasteiger partial charge < -0.3 is 4.90 Å². The van der Waals surface area contributed by atoms with E-state index in [4.69, 9.17) is 0 Å². The van der Waals surface area contributed by atoms with Crippen molar-refractivity contribution in [3.05, 3.63) is 48.8 Å². The van der Waals surface area contributed by atoms with Gasteiger partial charge in [0.2, 0.25) is 11.8 Å². The summed E-state index contributed by atoms with van der Waals surface area (Å²) in [4.78, 5) is 29.3. The third-order valence-electron chi connectivity index (χ3n) is 3.38. The van der Waals surface area contributed by atoms with E-state index in [1.165, 1.54) is 34.1 Å². The second-order valence-electron chi connectivity index (χ2n) is 4.66. The van der Waals surface area contributed by atoms with Gasteiger partial charge in [-0.05, 0) is 12.1 Å². The van der Waals surface area contributed by atoms with Crippen LogP contribution in [0.3, 0.4) is 0 Å². The molecule has 0 spiro atoms. The molecule has 0 bridgehead atoms. The Kier molecular flexibility index (Phi) is 3.06. The molecule has 1 aliphatic heterocycles. The van der Waals surface area contributed by atoms with Crippen LogP contribution in [0, 0.1) is 11.7 Å². The van der Waals surface area contributed by atoms with Crippen LogP contribution in [0.25, 0.3) is 0 Å². The number of carbonyl (C=O) groups excluding carboxylic acids is 2. The molecule has 1 aromatic carbocycles. The van der Waals surface area contributed by atoms with Crippen LogP contribution in [0.15, 0.2) is 43.0 Å². The fourth-order valence-electron chi connectivity index (χ4n) is 2.38. The fraction of sp³-hybridized carbons (Fsp3) is 0.214. The monoisotopic (exact) mass is 273 g/mol. The molecule has 2 heterocycles. The number of rotatable bonds is 2. The summed E-state index contributed by atoms with van der Waals surface area (Å²) >= 11 is 0. The Labute approximate surface area is 114 Å². The minimum absolute atomic E-state index is 0.0886. The van der Waals surface area contributed by atoms with Gasteiger partial charge in [-0.1, -0.05) is 12.1 Å². The van der Waals surface area contributed by atoms with Crippen molar-refractivity contribution < 1.29 is 14.0 Å². The average Bonchev–Trinajstić information content (AvgIpc) is 3.08. The molecule has 1 atom stereocenters. The summed E-state index contributed by atoms with van der Waals surface area (Å²) in [6.45, 7) is 0.191. The molecule has 1 saturated heterocycles. The molecule has 0 radical (unpaired) electrons. The van der Waals surface area contributed by atoms with Gasteiger partial charge in [0.05, 0.1) is 11.6 Å². The van der Waals surface area contributed by atoms with Crippen LogP contribution >= 0.6 is 0 Å². The van der Waals surface area contributed by atoms with Gasteiger partial charge in [-0.3, -0.25) is 14.2 Å². The second-order valence-corrected chi connectivity index (χ2v) is 4.66. The van der Waals surface area contributed by atoms with Crippen molar-refractivity contribution in [2.75, 3.05) is 11.4 Å². The smallest absolute Gasteiger partial charge is 0.237 e. The summed E-state index contributed by atoms with van der Waals surface area (Å²) in [7, 11) is 0. The van der Waals surface area contributed by atoms with E-state index in [-0.39, 0.29) is 30.5 Å². The lowest BCUT2D eigenvalue weighted by atomic mass is 10.1. The van der Waals surface area contributed by atoms with Crippen LogP contribution in [-0.2, 0) is 4.79 Å². The molecule has 1 aromatic heterocycles. The molecule has 6 heteroatoms. The van der Waals surface area contributed by atoms with Gasteiger partial charge in [-0.2, -0.15) is 0 Å². The largest absolute Gasteiger partial charge is 0.309 e. The summed E-state index contributed by atoms with van der Waals surface area (Å²) in [5, 5.41) is 0. The van der Waals surface area contributed by atoms with Crippen molar-refractivity contribution in [2.45, 2.75) is 6.42 Å². The van der Waals surface area contributed by atoms with E-state index in [0.29, 0.717) is 0 Å². The Morgan fingerprint density at radius 2 is 2.15 bits per heavy atom. The zero-order chi connectivity index (χ0) is 14.1. The minimum atomic E-state index is -0.476. The van der Waals surface area contributed by atoms with E-state index >= 15 is 0 Å². The summed E-state index contributed by atoms with van der Waals surface area (Å²) in [6, 6.07) is 6.06. The molecule has 1 aliphatic rings. The average molecular weight is 273 g/mol. The molecule has 1 amide bonds. The summed E-state index contributed by atoms with van der Waals surface area (Å²) in [5.41, 5.74) is 0.221. The maximum absolute atomic E-state index is 13.7. The third-order valence-corrected chi connectivity index (χ3v) is 3.38. The molecule has 1 unspecified atom stereocenters. The van der Waals surface area contributed by atoms with Crippen LogP contribution in [0.5, 0.6) is 0 Å². The Morgan fingerprint density at radius 1 is 1.35 bits per heavy atom. The molecular formula is C14H12FN3O2. The summed E-state index contributed by atoms with van der Waals surface area (Å²) in [5.74, 6) is -1.38. The van der Waals surface area contributed by atoms with Gasteiger partial charge in [-0.25, -0.2) is 9.37 Å². The minimum Gasteiger partial charge on any atom is -0.309 e. The number of hydrogen-bond donors (Lipinski definition) is 0. The Balaban J connectivity index is 1.83. The summed E-state index contributed by atoms with van der Waals surface area (Å²) < 4.78 is 15.1. The predicted octanol–water partition coefficient (Wildman–Crippen LogP) is 1.72. The topological polar surface area (TPSA) is 55.2 Å². The lowest BCUT2D eigenvalue weighted by Crippen LogP contribution is -2.28. The van der Waals surface area contributed by atoms with Crippen LogP contribution in [0.2, 0.25) is 0 Å². The molecule has 3 rings (SSSR count). The SMILES string of the molecule is O=C1CC(C(=O)n2ccnc2)CN1c1ccccc1F. The number of halogens is 1. The van der Waals surface area contributed by atoms with E-state index in [1.807, 2.05) is 0 Å². The Bertz CT molecular complexity index is 654. The zero-order valence-electron chi connectivity index (χ0n) is 10.6. The van der Waals surface area contributed by atoms with Gasteiger partial charge >= 0.3 is 0 Å². The number of carbonyl (C=O) groups is 2. The quantitative estimate of drug-likeness (QED) is 0.837. The first kappa shape index (κ1) is 12.5. The number of nitrogens with zero attached hydrogens (tertiary/aromatic N) is 3. The fourth-order valence-corrected chi connectivity index (χ4v) is 2.38. The number of para-hydroxylation sites is 1. The molecule has 1 fully saturated rings. The van der Waals surface area contributed by atoms with E-state index < -0.39 is 11.7 Å². The van der Waals surface area contributed by atoms with Crippen LogP contribution < -0.4 is 4.90 Å². The molecule has 102 valence electrons.